The van der Waals surface area contributed by atoms with Gasteiger partial charge in [-0.05, 0) is 111 Å². The van der Waals surface area contributed by atoms with Gasteiger partial charge in [0.1, 0.15) is 6.10 Å². The van der Waals surface area contributed by atoms with Crippen molar-refractivity contribution in [3.05, 3.63) is 47.0 Å². The zero-order chi connectivity index (χ0) is 31.7. The lowest BCUT2D eigenvalue weighted by atomic mass is 9.47. The van der Waals surface area contributed by atoms with Gasteiger partial charge in [-0.2, -0.15) is 0 Å². The van der Waals surface area contributed by atoms with E-state index in [1.807, 2.05) is 26.0 Å². The molecule has 11 atom stereocenters. The number of allylic oxidation sites excluding steroid dienone is 1. The van der Waals surface area contributed by atoms with E-state index in [9.17, 15) is 9.59 Å². The second-order valence-corrected chi connectivity index (χ2v) is 16.1. The van der Waals surface area contributed by atoms with Gasteiger partial charge in [0.05, 0.1) is 23.8 Å². The van der Waals surface area contributed by atoms with Crippen LogP contribution in [0.25, 0.3) is 0 Å². The fourth-order valence-corrected chi connectivity index (χ4v) is 11.5. The Bertz CT molecular complexity index is 1340. The maximum absolute atomic E-state index is 13.5. The van der Waals surface area contributed by atoms with Crippen LogP contribution in [0.2, 0.25) is 0 Å². The molecule has 4 aliphatic carbocycles. The summed E-state index contributed by atoms with van der Waals surface area (Å²) in [5.41, 5.74) is 2.79. The molecule has 3 saturated carbocycles. The molecule has 1 spiro atoms. The lowest BCUT2D eigenvalue weighted by Gasteiger charge is -2.58. The van der Waals surface area contributed by atoms with Crippen molar-refractivity contribution in [3.8, 4) is 0 Å². The normalized spacial score (nSPS) is 43.5. The Labute approximate surface area is 270 Å². The van der Waals surface area contributed by atoms with Crippen LogP contribution in [0.5, 0.6) is 0 Å². The molecule has 0 N–H and O–H groups in total. The Morgan fingerprint density at radius 1 is 0.978 bits per heavy atom. The van der Waals surface area contributed by atoms with Crippen LogP contribution in [0, 0.1) is 46.3 Å². The quantitative estimate of drug-likeness (QED) is 0.247. The molecule has 0 aromatic heterocycles. The Hall–Kier alpha value is -2.18. The average Bonchev–Trinajstić information content (AvgIpc) is 3.48. The van der Waals surface area contributed by atoms with E-state index in [2.05, 4.69) is 33.8 Å². The summed E-state index contributed by atoms with van der Waals surface area (Å²) in [6.07, 6.45) is 12.6. The van der Waals surface area contributed by atoms with Crippen molar-refractivity contribution in [1.82, 2.24) is 4.90 Å². The second-order valence-electron chi connectivity index (χ2n) is 16.1. The second kappa shape index (κ2) is 11.5. The van der Waals surface area contributed by atoms with Crippen LogP contribution in [0.4, 0.5) is 0 Å². The predicted molar refractivity (Wildman–Crippen MR) is 175 cm³/mol. The third-order valence-electron chi connectivity index (χ3n) is 14.0. The number of amides is 1. The van der Waals surface area contributed by atoms with Gasteiger partial charge in [-0.1, -0.05) is 51.5 Å². The van der Waals surface area contributed by atoms with E-state index < -0.39 is 0 Å². The molecule has 1 aromatic carbocycles. The summed E-state index contributed by atoms with van der Waals surface area (Å²) in [5, 5.41) is 0. The Morgan fingerprint density at radius 2 is 1.73 bits per heavy atom. The molecule has 1 amide bonds. The molecule has 2 heterocycles. The lowest BCUT2D eigenvalue weighted by molar-refractivity contribution is -0.272. The van der Waals surface area contributed by atoms with Crippen molar-refractivity contribution in [1.29, 1.82) is 0 Å². The van der Waals surface area contributed by atoms with Crippen LogP contribution < -0.4 is 0 Å². The van der Waals surface area contributed by atoms with Gasteiger partial charge in [0, 0.05) is 31.8 Å². The number of rotatable bonds is 5. The third-order valence-corrected chi connectivity index (χ3v) is 14.0. The first-order valence-electron chi connectivity index (χ1n) is 18.1. The van der Waals surface area contributed by atoms with Gasteiger partial charge >= 0.3 is 5.97 Å². The first-order chi connectivity index (χ1) is 21.5. The third kappa shape index (κ3) is 4.86. The topological polar surface area (TPSA) is 65.1 Å². The minimum absolute atomic E-state index is 0.110. The van der Waals surface area contributed by atoms with Crippen molar-refractivity contribution in [2.75, 3.05) is 19.7 Å². The molecule has 5 fully saturated rings. The molecular formula is C39H55NO5. The maximum atomic E-state index is 13.5. The summed E-state index contributed by atoms with van der Waals surface area (Å²) in [7, 11) is 0. The lowest BCUT2D eigenvalue weighted by Crippen LogP contribution is -2.52. The van der Waals surface area contributed by atoms with Gasteiger partial charge in [0.2, 0.25) is 0 Å². The van der Waals surface area contributed by atoms with Crippen LogP contribution >= 0.6 is 0 Å². The van der Waals surface area contributed by atoms with Gasteiger partial charge in [0.25, 0.3) is 5.91 Å². The van der Waals surface area contributed by atoms with E-state index in [0.29, 0.717) is 71.2 Å². The largest absolute Gasteiger partial charge is 0.458 e. The predicted octanol–water partition coefficient (Wildman–Crippen LogP) is 8.06. The number of esters is 1. The highest BCUT2D eigenvalue weighted by atomic mass is 16.7. The molecular weight excluding hydrogens is 562 g/mol. The Balaban J connectivity index is 1.05. The summed E-state index contributed by atoms with van der Waals surface area (Å²) in [4.78, 5) is 28.4. The minimum Gasteiger partial charge on any atom is -0.458 e. The maximum Gasteiger partial charge on any atom is 0.339 e. The number of hydrogen-bond donors (Lipinski definition) is 0. The monoisotopic (exact) mass is 617 g/mol. The van der Waals surface area contributed by atoms with Gasteiger partial charge < -0.3 is 19.1 Å². The Kier molecular flexibility index (Phi) is 8.03. The summed E-state index contributed by atoms with van der Waals surface area (Å²) < 4.78 is 19.7. The molecule has 6 heteroatoms. The smallest absolute Gasteiger partial charge is 0.339 e. The van der Waals surface area contributed by atoms with Crippen LogP contribution in [0.15, 0.2) is 35.9 Å². The first-order valence-corrected chi connectivity index (χ1v) is 18.1. The number of carbonyl (C=O) groups is 2. The fourth-order valence-electron chi connectivity index (χ4n) is 11.5. The van der Waals surface area contributed by atoms with E-state index in [1.54, 1.807) is 17.0 Å². The zero-order valence-electron chi connectivity index (χ0n) is 28.5. The van der Waals surface area contributed by atoms with Gasteiger partial charge in [-0.25, -0.2) is 4.79 Å². The molecule has 2 saturated heterocycles. The van der Waals surface area contributed by atoms with E-state index in [-0.39, 0.29) is 29.2 Å². The zero-order valence-corrected chi connectivity index (χ0v) is 28.5. The number of benzene rings is 1. The summed E-state index contributed by atoms with van der Waals surface area (Å²) >= 11 is 0. The molecule has 0 unspecified atom stereocenters. The van der Waals surface area contributed by atoms with Crippen molar-refractivity contribution in [3.63, 3.8) is 0 Å². The SMILES string of the molecule is CCN(CC)C(=O)c1ccccc1C(=O)O[C@H]1CC[C@@]2(C)C(=CC[C@H]3[C@@H]4C[C@@H]5O[C@]6(CC[C@@H](C)CO6)[C@@H](C)[C@@H]5[C@@]4(C)CC[C@@H]32)C1. The molecule has 246 valence electrons. The van der Waals surface area contributed by atoms with Crippen molar-refractivity contribution in [2.45, 2.75) is 117 Å². The molecule has 45 heavy (non-hydrogen) atoms. The first kappa shape index (κ1) is 31.4. The van der Waals surface area contributed by atoms with Crippen LogP contribution in [0.3, 0.4) is 0 Å². The number of carbonyl (C=O) groups excluding carboxylic acids is 2. The van der Waals surface area contributed by atoms with Gasteiger partial charge in [0.15, 0.2) is 5.79 Å². The summed E-state index contributed by atoms with van der Waals surface area (Å²) in [6, 6.07) is 7.13. The standard InChI is InChI=1S/C39H55NO5/c1-7-40(8-2)35(41)28-11-9-10-12-29(28)36(42)44-27-16-18-37(5)26(21-27)13-14-30-31(37)17-19-38(6)32(30)22-33-34(38)25(4)39(45-33)20-15-24(3)23-43-39/h9-13,24-25,27,30-34H,7-8,14-23H2,1-6H3/t24-,25+,27+,30-,31+,32+,33+,34+,37+,38+,39-/m1/s1. The van der Waals surface area contributed by atoms with E-state index in [4.69, 9.17) is 14.2 Å². The van der Waals surface area contributed by atoms with E-state index in [0.717, 1.165) is 38.7 Å². The van der Waals surface area contributed by atoms with E-state index >= 15 is 0 Å². The fraction of sp³-hybridized carbons (Fsp3) is 0.744. The molecule has 1 aromatic rings. The minimum atomic E-state index is -0.372. The van der Waals surface area contributed by atoms with Crippen LogP contribution in [-0.4, -0.2) is 54.5 Å². The van der Waals surface area contributed by atoms with Crippen LogP contribution in [-0.2, 0) is 14.2 Å². The molecule has 6 aliphatic rings. The summed E-state index contributed by atoms with van der Waals surface area (Å²) in [6.45, 7) is 15.8. The Morgan fingerprint density at radius 3 is 2.44 bits per heavy atom. The molecule has 0 bridgehead atoms. The van der Waals surface area contributed by atoms with Crippen molar-refractivity contribution in [2.24, 2.45) is 46.3 Å². The molecule has 6 nitrogen and oxygen atoms in total. The highest BCUT2D eigenvalue weighted by molar-refractivity contribution is 6.05. The van der Waals surface area contributed by atoms with Crippen molar-refractivity contribution < 1.29 is 23.8 Å². The van der Waals surface area contributed by atoms with Gasteiger partial charge in [-0.3, -0.25) is 4.79 Å². The number of fused-ring (bicyclic) bond motifs is 7. The number of hydrogen-bond acceptors (Lipinski definition) is 5. The molecule has 2 aliphatic heterocycles. The molecule has 7 rings (SSSR count). The highest BCUT2D eigenvalue weighted by Gasteiger charge is 2.68. The number of nitrogens with zero attached hydrogens (tertiary/aromatic N) is 1. The number of ether oxygens (including phenoxy) is 3. The van der Waals surface area contributed by atoms with Gasteiger partial charge in [-0.15, -0.1) is 0 Å². The van der Waals surface area contributed by atoms with Crippen LogP contribution in [0.1, 0.15) is 120 Å². The molecule has 0 radical (unpaired) electrons. The summed E-state index contributed by atoms with van der Waals surface area (Å²) in [5.74, 6) is 2.89. The van der Waals surface area contributed by atoms with Crippen molar-refractivity contribution >= 4 is 11.9 Å². The average molecular weight is 618 g/mol. The highest BCUT2D eigenvalue weighted by Crippen LogP contribution is 2.70. The van der Waals surface area contributed by atoms with E-state index in [1.165, 1.54) is 31.3 Å².